The summed E-state index contributed by atoms with van der Waals surface area (Å²) in [5, 5.41) is 2.31. The SMILES string of the molecule is CCC(=O)c1ccc2ccccc2c1.CCCC[B-]c1ccccc1. The monoisotopic (exact) mass is 329 g/mol. The first-order valence-electron chi connectivity index (χ1n) is 9.14. The third-order valence-electron chi connectivity index (χ3n) is 4.13. The van der Waals surface area contributed by atoms with Gasteiger partial charge in [-0.25, -0.2) is 6.32 Å². The molecular weight excluding hydrogens is 303 g/mol. The molecule has 0 saturated heterocycles. The smallest absolute Gasteiger partial charge is 0.162 e. The van der Waals surface area contributed by atoms with Crippen LogP contribution in [0.2, 0.25) is 6.32 Å². The van der Waals surface area contributed by atoms with Crippen molar-refractivity contribution in [2.45, 2.75) is 39.4 Å². The lowest BCUT2D eigenvalue weighted by atomic mass is 9.66. The fraction of sp³-hybridized carbons (Fsp3) is 0.261. The van der Waals surface area contributed by atoms with E-state index in [1.165, 1.54) is 30.0 Å². The van der Waals surface area contributed by atoms with Gasteiger partial charge in [0.1, 0.15) is 0 Å². The second-order valence-corrected chi connectivity index (χ2v) is 6.10. The summed E-state index contributed by atoms with van der Waals surface area (Å²) in [5.41, 5.74) is 2.16. The highest BCUT2D eigenvalue weighted by Gasteiger charge is 2.02. The minimum Gasteiger partial charge on any atom is -0.297 e. The van der Waals surface area contributed by atoms with E-state index in [2.05, 4.69) is 50.6 Å². The first-order chi connectivity index (χ1) is 12.2. The van der Waals surface area contributed by atoms with Crippen LogP contribution in [0.4, 0.5) is 0 Å². The maximum atomic E-state index is 11.5. The highest BCUT2D eigenvalue weighted by atomic mass is 16.1. The lowest BCUT2D eigenvalue weighted by Crippen LogP contribution is -2.11. The largest absolute Gasteiger partial charge is 0.297 e. The zero-order valence-electron chi connectivity index (χ0n) is 15.2. The third-order valence-corrected chi connectivity index (χ3v) is 4.13. The Morgan fingerprint density at radius 1 is 0.840 bits per heavy atom. The Labute approximate surface area is 152 Å². The van der Waals surface area contributed by atoms with Crippen LogP contribution in [-0.4, -0.2) is 13.1 Å². The lowest BCUT2D eigenvalue weighted by molar-refractivity contribution is 0.0988. The standard InChI is InChI=1S/C13H12O.C10H14B/c1-2-13(14)12-8-7-10-5-3-4-6-11(10)9-12;1-2-3-9-11-10-7-5-4-6-8-10/h3-9H,2H2,1H3;4-8H,2-3,9H2,1H3/q;-1. The van der Waals surface area contributed by atoms with Crippen molar-refractivity contribution in [2.24, 2.45) is 0 Å². The summed E-state index contributed by atoms with van der Waals surface area (Å²) in [6.45, 7) is 4.11. The van der Waals surface area contributed by atoms with E-state index in [-0.39, 0.29) is 5.78 Å². The van der Waals surface area contributed by atoms with Crippen LogP contribution in [0.1, 0.15) is 43.5 Å². The number of Topliss-reactive ketones (excluding diaryl/α,β-unsaturated/α-hetero) is 1. The fourth-order valence-corrected chi connectivity index (χ4v) is 2.63. The van der Waals surface area contributed by atoms with Crippen LogP contribution in [0.15, 0.2) is 72.8 Å². The number of hydrogen-bond acceptors (Lipinski definition) is 1. The van der Waals surface area contributed by atoms with E-state index in [9.17, 15) is 4.79 Å². The molecule has 0 bridgehead atoms. The molecule has 2 heteroatoms. The summed E-state index contributed by atoms with van der Waals surface area (Å²) in [5.74, 6) is 0.204. The van der Waals surface area contributed by atoms with Gasteiger partial charge in [-0.15, -0.1) is 12.1 Å². The van der Waals surface area contributed by atoms with Crippen molar-refractivity contribution in [1.82, 2.24) is 0 Å². The highest BCUT2D eigenvalue weighted by molar-refractivity contribution is 6.53. The molecule has 0 aromatic heterocycles. The Kier molecular flexibility index (Phi) is 7.98. The number of hydrogen-bond donors (Lipinski definition) is 0. The molecule has 0 unspecified atom stereocenters. The topological polar surface area (TPSA) is 17.1 Å². The lowest BCUT2D eigenvalue weighted by Gasteiger charge is -2.13. The molecule has 25 heavy (non-hydrogen) atoms. The van der Waals surface area contributed by atoms with E-state index in [0.29, 0.717) is 6.42 Å². The molecule has 0 fully saturated rings. The molecule has 0 aliphatic rings. The van der Waals surface area contributed by atoms with E-state index >= 15 is 0 Å². The van der Waals surface area contributed by atoms with Crippen LogP contribution >= 0.6 is 0 Å². The van der Waals surface area contributed by atoms with Crippen LogP contribution < -0.4 is 5.46 Å². The molecule has 128 valence electrons. The van der Waals surface area contributed by atoms with E-state index in [1.807, 2.05) is 43.3 Å². The molecule has 0 heterocycles. The number of rotatable bonds is 6. The molecule has 0 spiro atoms. The summed E-state index contributed by atoms with van der Waals surface area (Å²) in [6, 6.07) is 24.4. The van der Waals surface area contributed by atoms with Gasteiger partial charge in [0.2, 0.25) is 0 Å². The van der Waals surface area contributed by atoms with Gasteiger partial charge in [0.05, 0.1) is 0 Å². The molecule has 1 nitrogen and oxygen atoms in total. The average molecular weight is 329 g/mol. The molecule has 0 aliphatic carbocycles. The van der Waals surface area contributed by atoms with Crippen molar-refractivity contribution in [3.63, 3.8) is 0 Å². The molecule has 3 aromatic rings. The number of unbranched alkanes of at least 4 members (excludes halogenated alkanes) is 1. The molecule has 0 amide bonds. The van der Waals surface area contributed by atoms with Crippen molar-refractivity contribution in [3.05, 3.63) is 78.4 Å². The van der Waals surface area contributed by atoms with E-state index in [1.54, 1.807) is 0 Å². The van der Waals surface area contributed by atoms with E-state index < -0.39 is 0 Å². The molecule has 3 rings (SSSR count). The van der Waals surface area contributed by atoms with E-state index in [0.717, 1.165) is 10.9 Å². The first kappa shape index (κ1) is 19.0. The van der Waals surface area contributed by atoms with Crippen LogP contribution in [0, 0.1) is 0 Å². The van der Waals surface area contributed by atoms with Crippen LogP contribution in [0.25, 0.3) is 10.8 Å². The fourth-order valence-electron chi connectivity index (χ4n) is 2.63. The zero-order chi connectivity index (χ0) is 17.9. The Hall–Kier alpha value is -2.35. The quantitative estimate of drug-likeness (QED) is 0.324. The number of carbonyl (C=O) groups excluding carboxylic acids is 1. The minimum atomic E-state index is 0.204. The maximum Gasteiger partial charge on any atom is 0.162 e. The van der Waals surface area contributed by atoms with Crippen molar-refractivity contribution in [3.8, 4) is 0 Å². The van der Waals surface area contributed by atoms with Gasteiger partial charge < -0.3 is 0 Å². The van der Waals surface area contributed by atoms with Crippen LogP contribution in [-0.2, 0) is 0 Å². The average Bonchev–Trinajstić information content (AvgIpc) is 2.68. The summed E-state index contributed by atoms with van der Waals surface area (Å²) in [6.07, 6.45) is 4.36. The summed E-state index contributed by atoms with van der Waals surface area (Å²) in [4.78, 5) is 11.5. The zero-order valence-corrected chi connectivity index (χ0v) is 15.2. The van der Waals surface area contributed by atoms with Crippen molar-refractivity contribution >= 4 is 29.3 Å². The molecule has 0 N–H and O–H groups in total. The predicted molar refractivity (Wildman–Crippen MR) is 110 cm³/mol. The molecule has 0 aliphatic heterocycles. The summed E-state index contributed by atoms with van der Waals surface area (Å²) >= 11 is 0. The Morgan fingerprint density at radius 2 is 1.52 bits per heavy atom. The first-order valence-corrected chi connectivity index (χ1v) is 9.14. The molecule has 3 aromatic carbocycles. The third kappa shape index (κ3) is 6.23. The molecule has 0 atom stereocenters. The normalized spacial score (nSPS) is 10.2. The van der Waals surface area contributed by atoms with Gasteiger partial charge in [0.25, 0.3) is 0 Å². The van der Waals surface area contributed by atoms with Gasteiger partial charge in [0.15, 0.2) is 5.78 Å². The van der Waals surface area contributed by atoms with Crippen LogP contribution in [0.5, 0.6) is 0 Å². The Balaban J connectivity index is 0.000000186. The van der Waals surface area contributed by atoms with Gasteiger partial charge in [0, 0.05) is 12.0 Å². The number of fused-ring (bicyclic) bond motifs is 1. The molecular formula is C23H26BO-. The maximum absolute atomic E-state index is 11.5. The Bertz CT molecular complexity index is 780. The number of ketones is 1. The summed E-state index contributed by atoms with van der Waals surface area (Å²) < 4.78 is 0. The van der Waals surface area contributed by atoms with Gasteiger partial charge in [-0.05, 0) is 16.8 Å². The van der Waals surface area contributed by atoms with Gasteiger partial charge >= 0.3 is 0 Å². The predicted octanol–water partition coefficient (Wildman–Crippen LogP) is 5.67. The minimum absolute atomic E-state index is 0.204. The van der Waals surface area contributed by atoms with Gasteiger partial charge in [-0.1, -0.05) is 81.3 Å². The Morgan fingerprint density at radius 3 is 2.20 bits per heavy atom. The van der Waals surface area contributed by atoms with Crippen molar-refractivity contribution in [1.29, 1.82) is 0 Å². The van der Waals surface area contributed by atoms with Crippen molar-refractivity contribution < 1.29 is 4.79 Å². The number of benzene rings is 3. The molecule has 2 radical (unpaired) electrons. The highest BCUT2D eigenvalue weighted by Crippen LogP contribution is 2.16. The summed E-state index contributed by atoms with van der Waals surface area (Å²) in [7, 11) is 2.30. The molecule has 0 saturated carbocycles. The van der Waals surface area contributed by atoms with E-state index in [4.69, 9.17) is 0 Å². The van der Waals surface area contributed by atoms with Crippen LogP contribution in [0.3, 0.4) is 0 Å². The van der Waals surface area contributed by atoms with Gasteiger partial charge in [-0.3, -0.25) is 17.5 Å². The second-order valence-electron chi connectivity index (χ2n) is 6.10. The second kappa shape index (κ2) is 10.5. The number of carbonyl (C=O) groups is 1. The van der Waals surface area contributed by atoms with Gasteiger partial charge in [-0.2, -0.15) is 0 Å². The van der Waals surface area contributed by atoms with Crippen molar-refractivity contribution in [2.75, 3.05) is 0 Å².